The molecule has 3 heterocycles. The zero-order chi connectivity index (χ0) is 18.7. The van der Waals surface area contributed by atoms with Gasteiger partial charge in [0.05, 0.1) is 6.54 Å². The third-order valence-corrected chi connectivity index (χ3v) is 4.45. The molecule has 0 aliphatic carbocycles. The molecule has 26 heavy (non-hydrogen) atoms. The van der Waals surface area contributed by atoms with Crippen molar-refractivity contribution in [1.29, 1.82) is 0 Å². The number of nitrogens with one attached hydrogen (secondary N) is 2. The SMILES string of the molecule is CC#CCn1c(N2CCNCC2)nc2nc(NCC(C)C)n(C)c(=O)c21. The Balaban J connectivity index is 2.12. The van der Waals surface area contributed by atoms with Crippen LogP contribution in [-0.2, 0) is 13.6 Å². The lowest BCUT2D eigenvalue weighted by molar-refractivity contribution is 0.573. The molecule has 8 nitrogen and oxygen atoms in total. The summed E-state index contributed by atoms with van der Waals surface area (Å²) in [7, 11) is 1.74. The Morgan fingerprint density at radius 1 is 1.27 bits per heavy atom. The Hall–Kier alpha value is -2.53. The van der Waals surface area contributed by atoms with Gasteiger partial charge in [-0.1, -0.05) is 19.8 Å². The van der Waals surface area contributed by atoms with E-state index in [1.807, 2.05) is 4.57 Å². The Morgan fingerprint density at radius 2 is 2.00 bits per heavy atom. The quantitative estimate of drug-likeness (QED) is 0.764. The summed E-state index contributed by atoms with van der Waals surface area (Å²) in [4.78, 5) is 24.5. The fraction of sp³-hybridized carbons (Fsp3) is 0.611. The number of anilines is 2. The maximum absolute atomic E-state index is 13.0. The van der Waals surface area contributed by atoms with Crippen molar-refractivity contribution in [2.75, 3.05) is 42.9 Å². The molecule has 1 saturated heterocycles. The van der Waals surface area contributed by atoms with E-state index in [2.05, 4.69) is 46.2 Å². The number of aromatic nitrogens is 4. The summed E-state index contributed by atoms with van der Waals surface area (Å²) >= 11 is 0. The first kappa shape index (κ1) is 18.3. The van der Waals surface area contributed by atoms with Gasteiger partial charge in [-0.3, -0.25) is 13.9 Å². The monoisotopic (exact) mass is 357 g/mol. The van der Waals surface area contributed by atoms with Crippen LogP contribution in [0.2, 0.25) is 0 Å². The summed E-state index contributed by atoms with van der Waals surface area (Å²) in [5, 5.41) is 6.59. The van der Waals surface area contributed by atoms with E-state index in [0.717, 1.165) is 38.7 Å². The van der Waals surface area contributed by atoms with Gasteiger partial charge in [-0.15, -0.1) is 5.92 Å². The molecule has 1 aliphatic heterocycles. The van der Waals surface area contributed by atoms with Crippen molar-refractivity contribution in [2.24, 2.45) is 13.0 Å². The van der Waals surface area contributed by atoms with Crippen LogP contribution in [-0.4, -0.2) is 51.8 Å². The second kappa shape index (κ2) is 7.79. The Morgan fingerprint density at radius 3 is 2.65 bits per heavy atom. The maximum Gasteiger partial charge on any atom is 0.281 e. The molecule has 0 radical (unpaired) electrons. The third kappa shape index (κ3) is 3.53. The van der Waals surface area contributed by atoms with Crippen LogP contribution >= 0.6 is 0 Å². The van der Waals surface area contributed by atoms with E-state index < -0.39 is 0 Å². The molecule has 0 spiro atoms. The van der Waals surface area contributed by atoms with Crippen molar-refractivity contribution in [3.8, 4) is 11.8 Å². The zero-order valence-electron chi connectivity index (χ0n) is 16.0. The van der Waals surface area contributed by atoms with Gasteiger partial charge in [0, 0.05) is 39.8 Å². The van der Waals surface area contributed by atoms with Gasteiger partial charge in [-0.05, 0) is 12.8 Å². The van der Waals surface area contributed by atoms with Gasteiger partial charge in [-0.25, -0.2) is 0 Å². The normalized spacial score (nSPS) is 14.6. The number of fused-ring (bicyclic) bond motifs is 1. The fourth-order valence-electron chi connectivity index (χ4n) is 3.02. The molecule has 140 valence electrons. The highest BCUT2D eigenvalue weighted by Gasteiger charge is 2.22. The molecule has 0 atom stereocenters. The average Bonchev–Trinajstić information content (AvgIpc) is 3.00. The second-order valence-electron chi connectivity index (χ2n) is 6.91. The van der Waals surface area contributed by atoms with E-state index in [0.29, 0.717) is 29.6 Å². The molecule has 0 saturated carbocycles. The van der Waals surface area contributed by atoms with Gasteiger partial charge in [0.25, 0.3) is 5.56 Å². The Labute approximate surface area is 153 Å². The number of piperazine rings is 1. The molecule has 0 amide bonds. The first-order chi connectivity index (χ1) is 12.5. The molecule has 0 aromatic carbocycles. The van der Waals surface area contributed by atoms with E-state index in [1.165, 1.54) is 0 Å². The molecule has 0 bridgehead atoms. The summed E-state index contributed by atoms with van der Waals surface area (Å²) in [5.41, 5.74) is 0.887. The summed E-state index contributed by atoms with van der Waals surface area (Å²) in [6.07, 6.45) is 0. The van der Waals surface area contributed by atoms with Crippen LogP contribution in [0, 0.1) is 17.8 Å². The number of nitrogens with zero attached hydrogens (tertiary/aromatic N) is 5. The number of hydrogen-bond donors (Lipinski definition) is 2. The first-order valence-electron chi connectivity index (χ1n) is 9.09. The second-order valence-corrected chi connectivity index (χ2v) is 6.91. The minimum Gasteiger partial charge on any atom is -0.355 e. The molecule has 2 aromatic rings. The Kier molecular flexibility index (Phi) is 5.47. The lowest BCUT2D eigenvalue weighted by atomic mass is 10.2. The number of hydrogen-bond acceptors (Lipinski definition) is 6. The van der Waals surface area contributed by atoms with Crippen LogP contribution in [0.15, 0.2) is 4.79 Å². The minimum atomic E-state index is -0.104. The van der Waals surface area contributed by atoms with Gasteiger partial charge < -0.3 is 15.5 Å². The van der Waals surface area contributed by atoms with Crippen LogP contribution in [0.3, 0.4) is 0 Å². The molecule has 0 unspecified atom stereocenters. The topological polar surface area (TPSA) is 80.0 Å². The molecule has 2 aromatic heterocycles. The van der Waals surface area contributed by atoms with Crippen molar-refractivity contribution in [3.63, 3.8) is 0 Å². The highest BCUT2D eigenvalue weighted by Crippen LogP contribution is 2.21. The largest absolute Gasteiger partial charge is 0.355 e. The number of rotatable bonds is 5. The van der Waals surface area contributed by atoms with Gasteiger partial charge in [0.2, 0.25) is 11.9 Å². The third-order valence-electron chi connectivity index (χ3n) is 4.45. The molecule has 1 aliphatic rings. The highest BCUT2D eigenvalue weighted by molar-refractivity contribution is 5.75. The molecular weight excluding hydrogens is 330 g/mol. The predicted molar refractivity (Wildman–Crippen MR) is 105 cm³/mol. The van der Waals surface area contributed by atoms with Crippen molar-refractivity contribution in [3.05, 3.63) is 10.4 Å². The van der Waals surface area contributed by atoms with E-state index in [-0.39, 0.29) is 5.56 Å². The number of imidazole rings is 1. The first-order valence-corrected chi connectivity index (χ1v) is 9.09. The minimum absolute atomic E-state index is 0.104. The van der Waals surface area contributed by atoms with E-state index in [1.54, 1.807) is 18.5 Å². The lowest BCUT2D eigenvalue weighted by Crippen LogP contribution is -2.44. The predicted octanol–water partition coefficient (Wildman–Crippen LogP) is 0.631. The van der Waals surface area contributed by atoms with E-state index in [9.17, 15) is 4.79 Å². The Bertz CT molecular complexity index is 894. The lowest BCUT2D eigenvalue weighted by Gasteiger charge is -2.28. The van der Waals surface area contributed by atoms with Gasteiger partial charge in [-0.2, -0.15) is 9.97 Å². The molecule has 8 heteroatoms. The summed E-state index contributed by atoms with van der Waals surface area (Å²) in [5.74, 6) is 7.75. The van der Waals surface area contributed by atoms with Crippen LogP contribution < -0.4 is 21.1 Å². The van der Waals surface area contributed by atoms with Crippen LogP contribution in [0.1, 0.15) is 20.8 Å². The molecule has 3 rings (SSSR count). The zero-order valence-corrected chi connectivity index (χ0v) is 16.0. The van der Waals surface area contributed by atoms with Gasteiger partial charge >= 0.3 is 0 Å². The van der Waals surface area contributed by atoms with Gasteiger partial charge in [0.15, 0.2) is 11.2 Å². The van der Waals surface area contributed by atoms with Crippen LogP contribution in [0.4, 0.5) is 11.9 Å². The van der Waals surface area contributed by atoms with E-state index in [4.69, 9.17) is 4.98 Å². The molecular formula is C18H27N7O. The van der Waals surface area contributed by atoms with Crippen LogP contribution in [0.25, 0.3) is 11.2 Å². The van der Waals surface area contributed by atoms with Crippen LogP contribution in [0.5, 0.6) is 0 Å². The molecule has 1 fully saturated rings. The van der Waals surface area contributed by atoms with Crippen molar-refractivity contribution >= 4 is 23.1 Å². The summed E-state index contributed by atoms with van der Waals surface area (Å²) in [6.45, 7) is 10.7. The summed E-state index contributed by atoms with van der Waals surface area (Å²) < 4.78 is 3.46. The average molecular weight is 357 g/mol. The smallest absolute Gasteiger partial charge is 0.281 e. The van der Waals surface area contributed by atoms with Crippen molar-refractivity contribution in [2.45, 2.75) is 27.3 Å². The standard InChI is InChI=1S/C18H27N7O/c1-5-6-9-25-14-15(22-18(25)24-10-7-19-8-11-24)21-17(20-12-13(2)3)23(4)16(14)26/h13,19H,7-12H2,1-4H3,(H,20,21). The fourth-order valence-corrected chi connectivity index (χ4v) is 3.02. The molecule has 2 N–H and O–H groups in total. The maximum atomic E-state index is 13.0. The summed E-state index contributed by atoms with van der Waals surface area (Å²) in [6, 6.07) is 0. The van der Waals surface area contributed by atoms with Gasteiger partial charge in [0.1, 0.15) is 0 Å². The van der Waals surface area contributed by atoms with E-state index >= 15 is 0 Å². The van der Waals surface area contributed by atoms with Crippen molar-refractivity contribution < 1.29 is 0 Å². The highest BCUT2D eigenvalue weighted by atomic mass is 16.1. The van der Waals surface area contributed by atoms with Crippen molar-refractivity contribution in [1.82, 2.24) is 24.4 Å².